The molecular formula is C20H17Cl2NO4. The smallest absolute Gasteiger partial charge is 0.338 e. The van der Waals surface area contributed by atoms with Gasteiger partial charge in [0.05, 0.1) is 18.3 Å². The number of esters is 1. The number of halogens is 2. The molecule has 0 bridgehead atoms. The molecule has 4 rings (SSSR count). The van der Waals surface area contributed by atoms with Crippen LogP contribution >= 0.6 is 23.2 Å². The summed E-state index contributed by atoms with van der Waals surface area (Å²) < 4.78 is 16.7. The average molecular weight is 406 g/mol. The Morgan fingerprint density at radius 3 is 2.74 bits per heavy atom. The number of carbonyl (C=O) groups is 1. The van der Waals surface area contributed by atoms with E-state index >= 15 is 0 Å². The summed E-state index contributed by atoms with van der Waals surface area (Å²) in [5.74, 6) is -0.00283. The lowest BCUT2D eigenvalue weighted by Crippen LogP contribution is -2.12. The molecule has 1 aromatic heterocycles. The molecule has 2 aromatic carbocycles. The summed E-state index contributed by atoms with van der Waals surface area (Å²) in [6.45, 7) is 1.13. The van der Waals surface area contributed by atoms with Crippen LogP contribution in [0.4, 0.5) is 0 Å². The lowest BCUT2D eigenvalue weighted by molar-refractivity contribution is 0.0386. The van der Waals surface area contributed by atoms with Gasteiger partial charge in [-0.2, -0.15) is 0 Å². The Bertz CT molecular complexity index is 959. The van der Waals surface area contributed by atoms with Crippen molar-refractivity contribution in [3.63, 3.8) is 0 Å². The van der Waals surface area contributed by atoms with E-state index in [1.807, 2.05) is 0 Å². The van der Waals surface area contributed by atoms with Gasteiger partial charge in [0.2, 0.25) is 5.89 Å². The molecule has 0 aliphatic carbocycles. The molecule has 1 unspecified atom stereocenters. The third kappa shape index (κ3) is 4.26. The number of benzene rings is 2. The summed E-state index contributed by atoms with van der Waals surface area (Å²) >= 11 is 12.1. The van der Waals surface area contributed by atoms with Gasteiger partial charge in [0.1, 0.15) is 5.52 Å². The molecule has 0 radical (unpaired) electrons. The van der Waals surface area contributed by atoms with E-state index < -0.39 is 5.97 Å². The lowest BCUT2D eigenvalue weighted by Gasteiger charge is -2.09. The predicted molar refractivity (Wildman–Crippen MR) is 103 cm³/mol. The zero-order valence-electron chi connectivity index (χ0n) is 14.4. The van der Waals surface area contributed by atoms with Gasteiger partial charge in [-0.15, -0.1) is 0 Å². The Labute approximate surface area is 166 Å². The number of hydrogen-bond acceptors (Lipinski definition) is 5. The van der Waals surface area contributed by atoms with E-state index in [4.69, 9.17) is 37.1 Å². The molecule has 1 fully saturated rings. The molecular weight excluding hydrogens is 389 g/mol. The Hall–Kier alpha value is -2.08. The van der Waals surface area contributed by atoms with E-state index in [9.17, 15) is 4.79 Å². The Balaban J connectivity index is 1.49. The van der Waals surface area contributed by atoms with Gasteiger partial charge >= 0.3 is 5.97 Å². The molecule has 3 aromatic rings. The largest absolute Gasteiger partial charge is 0.462 e. The third-order valence-electron chi connectivity index (χ3n) is 4.43. The van der Waals surface area contributed by atoms with E-state index in [1.54, 1.807) is 36.4 Å². The van der Waals surface area contributed by atoms with Crippen LogP contribution in [0.2, 0.25) is 10.0 Å². The van der Waals surface area contributed by atoms with Crippen molar-refractivity contribution >= 4 is 40.3 Å². The van der Waals surface area contributed by atoms with Gasteiger partial charge in [-0.25, -0.2) is 9.78 Å². The number of oxazole rings is 1. The van der Waals surface area contributed by atoms with Crippen LogP contribution in [0.3, 0.4) is 0 Å². The standard InChI is InChI=1S/C20H17Cl2NO4/c21-14-8-13(9-15(22)11-14)19-23-17-4-3-12(10-18(17)27-19)20(24)26-7-5-16-2-1-6-25-16/h3-4,8-11,16H,1-2,5-7H2. The van der Waals surface area contributed by atoms with Crippen LogP contribution < -0.4 is 0 Å². The second kappa shape index (κ2) is 7.89. The summed E-state index contributed by atoms with van der Waals surface area (Å²) in [6, 6.07) is 10.1. The second-order valence-corrected chi connectivity index (χ2v) is 7.29. The molecule has 0 saturated carbocycles. The molecule has 5 nitrogen and oxygen atoms in total. The zero-order chi connectivity index (χ0) is 18.8. The molecule has 7 heteroatoms. The number of fused-ring (bicyclic) bond motifs is 1. The van der Waals surface area contributed by atoms with Crippen molar-refractivity contribution in [1.29, 1.82) is 0 Å². The van der Waals surface area contributed by atoms with Gasteiger partial charge in [0.15, 0.2) is 5.58 Å². The SMILES string of the molecule is O=C(OCCC1CCCO1)c1ccc2nc(-c3cc(Cl)cc(Cl)c3)oc2c1. The fraction of sp³-hybridized carbons (Fsp3) is 0.300. The van der Waals surface area contributed by atoms with E-state index in [1.165, 1.54) is 0 Å². The summed E-state index contributed by atoms with van der Waals surface area (Å²) in [6.07, 6.45) is 3.01. The molecule has 1 aliphatic rings. The Kier molecular flexibility index (Phi) is 5.34. The van der Waals surface area contributed by atoms with Crippen LogP contribution in [0, 0.1) is 0 Å². The molecule has 140 valence electrons. The van der Waals surface area contributed by atoms with Crippen molar-refractivity contribution in [2.45, 2.75) is 25.4 Å². The molecule has 1 aliphatic heterocycles. The number of hydrogen-bond donors (Lipinski definition) is 0. The van der Waals surface area contributed by atoms with Crippen LogP contribution in [-0.2, 0) is 9.47 Å². The lowest BCUT2D eigenvalue weighted by atomic mass is 10.2. The topological polar surface area (TPSA) is 61.6 Å². The van der Waals surface area contributed by atoms with Crippen molar-refractivity contribution in [3.05, 3.63) is 52.0 Å². The van der Waals surface area contributed by atoms with Crippen molar-refractivity contribution < 1.29 is 18.7 Å². The zero-order valence-corrected chi connectivity index (χ0v) is 15.9. The highest BCUT2D eigenvalue weighted by Gasteiger charge is 2.17. The molecule has 27 heavy (non-hydrogen) atoms. The van der Waals surface area contributed by atoms with Crippen LogP contribution in [-0.4, -0.2) is 30.3 Å². The van der Waals surface area contributed by atoms with Crippen molar-refractivity contribution in [3.8, 4) is 11.5 Å². The third-order valence-corrected chi connectivity index (χ3v) is 4.87. The first kappa shape index (κ1) is 18.3. The molecule has 2 heterocycles. The van der Waals surface area contributed by atoms with Crippen molar-refractivity contribution in [2.24, 2.45) is 0 Å². The monoisotopic (exact) mass is 405 g/mol. The maximum absolute atomic E-state index is 12.3. The van der Waals surface area contributed by atoms with Crippen LogP contribution in [0.1, 0.15) is 29.6 Å². The highest BCUT2D eigenvalue weighted by Crippen LogP contribution is 2.29. The molecule has 1 atom stereocenters. The van der Waals surface area contributed by atoms with E-state index in [0.29, 0.717) is 44.8 Å². The van der Waals surface area contributed by atoms with Gasteiger partial charge in [-0.1, -0.05) is 23.2 Å². The minimum absolute atomic E-state index is 0.196. The number of nitrogens with zero attached hydrogens (tertiary/aromatic N) is 1. The first-order chi connectivity index (χ1) is 13.1. The molecule has 1 saturated heterocycles. The minimum Gasteiger partial charge on any atom is -0.462 e. The average Bonchev–Trinajstić information content (AvgIpc) is 3.29. The number of aromatic nitrogens is 1. The van der Waals surface area contributed by atoms with Gasteiger partial charge in [-0.05, 0) is 49.2 Å². The molecule has 0 amide bonds. The van der Waals surface area contributed by atoms with Gasteiger partial charge < -0.3 is 13.9 Å². The van der Waals surface area contributed by atoms with Crippen molar-refractivity contribution in [2.75, 3.05) is 13.2 Å². The second-order valence-electron chi connectivity index (χ2n) is 6.42. The predicted octanol–water partition coefficient (Wildman–Crippen LogP) is 5.53. The number of carbonyl (C=O) groups excluding carboxylic acids is 1. The summed E-state index contributed by atoms with van der Waals surface area (Å²) in [7, 11) is 0. The first-order valence-electron chi connectivity index (χ1n) is 8.74. The van der Waals surface area contributed by atoms with E-state index in [2.05, 4.69) is 4.98 Å². The van der Waals surface area contributed by atoms with E-state index in [-0.39, 0.29) is 6.10 Å². The summed E-state index contributed by atoms with van der Waals surface area (Å²) in [4.78, 5) is 16.7. The maximum Gasteiger partial charge on any atom is 0.338 e. The van der Waals surface area contributed by atoms with Crippen LogP contribution in [0.25, 0.3) is 22.6 Å². The quantitative estimate of drug-likeness (QED) is 0.522. The normalized spacial score (nSPS) is 16.7. The highest BCUT2D eigenvalue weighted by molar-refractivity contribution is 6.35. The minimum atomic E-state index is -0.390. The Morgan fingerprint density at radius 1 is 1.19 bits per heavy atom. The highest BCUT2D eigenvalue weighted by atomic mass is 35.5. The molecule has 0 N–H and O–H groups in total. The summed E-state index contributed by atoms with van der Waals surface area (Å²) in [5, 5.41) is 0.991. The van der Waals surface area contributed by atoms with Gasteiger partial charge in [0.25, 0.3) is 0 Å². The maximum atomic E-state index is 12.3. The van der Waals surface area contributed by atoms with Crippen molar-refractivity contribution in [1.82, 2.24) is 4.98 Å². The van der Waals surface area contributed by atoms with Gasteiger partial charge in [0, 0.05) is 28.6 Å². The van der Waals surface area contributed by atoms with Gasteiger partial charge in [-0.3, -0.25) is 0 Å². The van der Waals surface area contributed by atoms with Crippen LogP contribution in [0.5, 0.6) is 0 Å². The fourth-order valence-electron chi connectivity index (χ4n) is 3.09. The number of rotatable bonds is 5. The first-order valence-corrected chi connectivity index (χ1v) is 9.50. The molecule has 0 spiro atoms. The van der Waals surface area contributed by atoms with E-state index in [0.717, 1.165) is 25.9 Å². The fourth-order valence-corrected chi connectivity index (χ4v) is 3.62. The number of ether oxygens (including phenoxy) is 2. The summed E-state index contributed by atoms with van der Waals surface area (Å²) in [5.41, 5.74) is 2.22. The Morgan fingerprint density at radius 2 is 2.00 bits per heavy atom. The van der Waals surface area contributed by atoms with Crippen LogP contribution in [0.15, 0.2) is 40.8 Å².